The molecule has 3 aromatic rings. The second-order valence-electron chi connectivity index (χ2n) is 7.59. The number of aromatic nitrogens is 1. The number of ether oxygens (including phenoxy) is 1. The monoisotopic (exact) mass is 402 g/mol. The number of nitrogens with zero attached hydrogens (tertiary/aromatic N) is 4. The minimum atomic E-state index is -0.332. The molecule has 1 fully saturated rings. The molecule has 1 aliphatic rings. The minimum Gasteiger partial charge on any atom is -0.462 e. The van der Waals surface area contributed by atoms with E-state index in [-0.39, 0.29) is 5.97 Å². The van der Waals surface area contributed by atoms with E-state index in [0.717, 1.165) is 64.6 Å². The van der Waals surface area contributed by atoms with Gasteiger partial charge in [-0.1, -0.05) is 11.3 Å². The van der Waals surface area contributed by atoms with Gasteiger partial charge in [-0.15, -0.1) is 5.11 Å². The first-order chi connectivity index (χ1) is 14.6. The normalized spacial score (nSPS) is 14.0. The Hall–Kier alpha value is -3.28. The fourth-order valence-corrected chi connectivity index (χ4v) is 3.94. The summed E-state index contributed by atoms with van der Waals surface area (Å²) in [4.78, 5) is 16.6. The van der Waals surface area contributed by atoms with Crippen LogP contribution >= 0.6 is 0 Å². The first-order valence-electron chi connectivity index (χ1n) is 10.4. The van der Waals surface area contributed by atoms with Gasteiger partial charge in [0.05, 0.1) is 17.9 Å². The van der Waals surface area contributed by atoms with Crippen molar-refractivity contribution in [3.63, 3.8) is 0 Å². The lowest BCUT2D eigenvalue weighted by atomic mass is 9.91. The highest BCUT2D eigenvalue weighted by Gasteiger charge is 2.17. The highest BCUT2D eigenvalue weighted by Crippen LogP contribution is 2.38. The van der Waals surface area contributed by atoms with E-state index in [4.69, 9.17) is 4.74 Å². The summed E-state index contributed by atoms with van der Waals surface area (Å²) in [7, 11) is 0. The van der Waals surface area contributed by atoms with Crippen LogP contribution in [0.15, 0.2) is 53.1 Å². The fraction of sp³-hybridized carbons (Fsp3) is 0.333. The lowest BCUT2D eigenvalue weighted by Gasteiger charge is -2.15. The van der Waals surface area contributed by atoms with E-state index in [0.29, 0.717) is 12.2 Å². The van der Waals surface area contributed by atoms with Crippen LogP contribution in [0.4, 0.5) is 5.69 Å². The molecule has 30 heavy (non-hydrogen) atoms. The van der Waals surface area contributed by atoms with Gasteiger partial charge in [0.2, 0.25) is 0 Å². The number of pyridine rings is 1. The van der Waals surface area contributed by atoms with Crippen LogP contribution in [-0.2, 0) is 4.74 Å². The van der Waals surface area contributed by atoms with E-state index < -0.39 is 0 Å². The summed E-state index contributed by atoms with van der Waals surface area (Å²) in [5.41, 5.74) is 5.42. The maximum Gasteiger partial charge on any atom is 0.338 e. The maximum atomic E-state index is 12.4. The quantitative estimate of drug-likeness (QED) is 0.400. The molecule has 1 saturated heterocycles. The summed E-state index contributed by atoms with van der Waals surface area (Å²) in [6.07, 6.45) is 5.99. The molecular formula is C24H26N4O2. The molecular weight excluding hydrogens is 376 g/mol. The van der Waals surface area contributed by atoms with Crippen molar-refractivity contribution in [1.29, 1.82) is 0 Å². The predicted molar refractivity (Wildman–Crippen MR) is 118 cm³/mol. The average molecular weight is 402 g/mol. The molecule has 1 aromatic heterocycles. The Kier molecular flexibility index (Phi) is 5.74. The van der Waals surface area contributed by atoms with Crippen LogP contribution in [0.5, 0.6) is 0 Å². The van der Waals surface area contributed by atoms with E-state index in [1.165, 1.54) is 0 Å². The highest BCUT2D eigenvalue weighted by atomic mass is 16.5. The number of rotatable bonds is 5. The molecule has 0 radical (unpaired) electrons. The third-order valence-corrected chi connectivity index (χ3v) is 5.57. The van der Waals surface area contributed by atoms with E-state index in [9.17, 15) is 4.79 Å². The molecule has 0 aliphatic carbocycles. The van der Waals surface area contributed by atoms with Crippen LogP contribution in [0.3, 0.4) is 0 Å². The second kappa shape index (κ2) is 8.61. The van der Waals surface area contributed by atoms with Gasteiger partial charge in [0, 0.05) is 36.4 Å². The number of carbonyl (C=O) groups is 1. The Morgan fingerprint density at radius 3 is 2.67 bits per heavy atom. The van der Waals surface area contributed by atoms with Crippen molar-refractivity contribution in [2.45, 2.75) is 33.6 Å². The molecule has 1 aliphatic heterocycles. The Balaban J connectivity index is 1.87. The summed E-state index contributed by atoms with van der Waals surface area (Å²) < 4.78 is 5.21. The van der Waals surface area contributed by atoms with Crippen molar-refractivity contribution >= 4 is 22.4 Å². The van der Waals surface area contributed by atoms with Gasteiger partial charge in [0.15, 0.2) is 0 Å². The number of carbonyl (C=O) groups excluding carboxylic acids is 1. The van der Waals surface area contributed by atoms with Gasteiger partial charge in [-0.05, 0) is 80.0 Å². The molecule has 4 rings (SSSR count). The molecule has 0 amide bonds. The van der Waals surface area contributed by atoms with Gasteiger partial charge in [-0.2, -0.15) is 0 Å². The lowest BCUT2D eigenvalue weighted by Crippen LogP contribution is -2.09. The Morgan fingerprint density at radius 2 is 1.90 bits per heavy atom. The van der Waals surface area contributed by atoms with Crippen LogP contribution in [0.1, 0.15) is 41.3 Å². The summed E-state index contributed by atoms with van der Waals surface area (Å²) in [5, 5.41) is 13.2. The standard InChI is InChI=1S/C24H26N4O2/c1-4-30-24(29)18-7-8-23(26-27-28-11-5-6-12-28)21(14-18)20-13-16(2)22-15-25-10-9-19(22)17(20)3/h7-10,13-15H,4-6,11-12H2,1-3H3. The Bertz CT molecular complexity index is 1120. The smallest absolute Gasteiger partial charge is 0.338 e. The Morgan fingerprint density at radius 1 is 1.10 bits per heavy atom. The van der Waals surface area contributed by atoms with Crippen molar-refractivity contribution in [2.24, 2.45) is 10.3 Å². The molecule has 6 nitrogen and oxygen atoms in total. The number of fused-ring (bicyclic) bond motifs is 1. The molecule has 6 heteroatoms. The lowest BCUT2D eigenvalue weighted by molar-refractivity contribution is 0.0526. The second-order valence-corrected chi connectivity index (χ2v) is 7.59. The van der Waals surface area contributed by atoms with Crippen LogP contribution in [-0.4, -0.2) is 35.7 Å². The summed E-state index contributed by atoms with van der Waals surface area (Å²) in [6, 6.07) is 9.64. The SMILES string of the molecule is CCOC(=O)c1ccc(N=NN2CCCC2)c(-c2cc(C)c3cnccc3c2C)c1. The van der Waals surface area contributed by atoms with Gasteiger partial charge in [0.1, 0.15) is 0 Å². The number of esters is 1. The predicted octanol–water partition coefficient (Wildman–Crippen LogP) is 5.79. The number of hydrogen-bond donors (Lipinski definition) is 0. The molecule has 154 valence electrons. The maximum absolute atomic E-state index is 12.4. The van der Waals surface area contributed by atoms with Crippen molar-refractivity contribution in [3.8, 4) is 11.1 Å². The highest BCUT2D eigenvalue weighted by molar-refractivity contribution is 5.97. The van der Waals surface area contributed by atoms with Gasteiger partial charge in [-0.3, -0.25) is 9.99 Å². The largest absolute Gasteiger partial charge is 0.462 e. The zero-order valence-electron chi connectivity index (χ0n) is 17.7. The Labute approximate surface area is 176 Å². The molecule has 0 unspecified atom stereocenters. The van der Waals surface area contributed by atoms with Crippen LogP contribution in [0.25, 0.3) is 21.9 Å². The van der Waals surface area contributed by atoms with Crippen molar-refractivity contribution in [1.82, 2.24) is 9.99 Å². The van der Waals surface area contributed by atoms with E-state index in [2.05, 4.69) is 35.2 Å². The number of benzene rings is 2. The van der Waals surface area contributed by atoms with Crippen molar-refractivity contribution < 1.29 is 9.53 Å². The summed E-state index contributed by atoms with van der Waals surface area (Å²) in [6.45, 7) is 8.18. The minimum absolute atomic E-state index is 0.332. The fourth-order valence-electron chi connectivity index (χ4n) is 3.94. The van der Waals surface area contributed by atoms with Crippen molar-refractivity contribution in [2.75, 3.05) is 19.7 Å². The summed E-state index contributed by atoms with van der Waals surface area (Å²) >= 11 is 0. The number of aryl methyl sites for hydroxylation is 2. The van der Waals surface area contributed by atoms with Crippen LogP contribution in [0.2, 0.25) is 0 Å². The first-order valence-corrected chi connectivity index (χ1v) is 10.4. The van der Waals surface area contributed by atoms with E-state index in [1.807, 2.05) is 42.5 Å². The van der Waals surface area contributed by atoms with Crippen LogP contribution < -0.4 is 0 Å². The molecule has 0 N–H and O–H groups in total. The van der Waals surface area contributed by atoms with Gasteiger partial charge >= 0.3 is 5.97 Å². The van der Waals surface area contributed by atoms with E-state index in [1.54, 1.807) is 6.07 Å². The molecule has 2 aromatic carbocycles. The third kappa shape index (κ3) is 3.90. The third-order valence-electron chi connectivity index (χ3n) is 5.57. The zero-order valence-corrected chi connectivity index (χ0v) is 17.7. The molecule has 0 saturated carbocycles. The van der Waals surface area contributed by atoms with E-state index >= 15 is 0 Å². The summed E-state index contributed by atoms with van der Waals surface area (Å²) in [5.74, 6) is -0.332. The molecule has 0 bridgehead atoms. The van der Waals surface area contributed by atoms with Crippen molar-refractivity contribution in [3.05, 3.63) is 59.4 Å². The topological polar surface area (TPSA) is 67.2 Å². The molecule has 0 atom stereocenters. The van der Waals surface area contributed by atoms with Gasteiger partial charge < -0.3 is 4.74 Å². The first kappa shape index (κ1) is 20.0. The molecule has 0 spiro atoms. The molecule has 2 heterocycles. The average Bonchev–Trinajstić information content (AvgIpc) is 3.29. The zero-order chi connectivity index (χ0) is 21.1. The van der Waals surface area contributed by atoms with Gasteiger partial charge in [0.25, 0.3) is 0 Å². The van der Waals surface area contributed by atoms with Crippen LogP contribution in [0, 0.1) is 13.8 Å². The van der Waals surface area contributed by atoms with Gasteiger partial charge in [-0.25, -0.2) is 4.79 Å². The number of hydrogen-bond acceptors (Lipinski definition) is 5.